The maximum absolute atomic E-state index is 13.4. The quantitative estimate of drug-likeness (QED) is 0.714. The second kappa shape index (κ2) is 8.57. The minimum Gasteiger partial charge on any atom is -0.381 e. The number of para-hydroxylation sites is 1. The first-order valence-corrected chi connectivity index (χ1v) is 12.0. The number of ether oxygens (including phenoxy) is 1. The van der Waals surface area contributed by atoms with Crippen molar-refractivity contribution in [3.8, 4) is 0 Å². The van der Waals surface area contributed by atoms with Crippen LogP contribution in [0.1, 0.15) is 35.2 Å². The molecule has 2 heterocycles. The number of likely N-dealkylation sites (tertiary alicyclic amines) is 1. The number of fused-ring (bicyclic) bond motifs is 1. The Hall–Kier alpha value is -2.09. The van der Waals surface area contributed by atoms with Crippen LogP contribution >= 0.6 is 11.6 Å². The predicted octanol–water partition coefficient (Wildman–Crippen LogP) is 3.73. The number of amides is 1. The summed E-state index contributed by atoms with van der Waals surface area (Å²) in [6.07, 6.45) is 3.26. The van der Waals surface area contributed by atoms with E-state index in [0.29, 0.717) is 25.3 Å². The molecule has 0 spiro atoms. The van der Waals surface area contributed by atoms with Crippen molar-refractivity contribution in [1.82, 2.24) is 4.90 Å². The molecule has 0 N–H and O–H groups in total. The second-order valence-corrected chi connectivity index (χ2v) is 9.95. The summed E-state index contributed by atoms with van der Waals surface area (Å²) in [6, 6.07) is 11.9. The summed E-state index contributed by atoms with van der Waals surface area (Å²) in [6.45, 7) is 1.53. The van der Waals surface area contributed by atoms with Crippen molar-refractivity contribution in [1.29, 1.82) is 0 Å². The van der Waals surface area contributed by atoms with Crippen LogP contribution < -0.4 is 4.31 Å². The van der Waals surface area contributed by atoms with Crippen molar-refractivity contribution in [2.75, 3.05) is 31.0 Å². The third-order valence-electron chi connectivity index (χ3n) is 5.89. The van der Waals surface area contributed by atoms with Gasteiger partial charge in [0.15, 0.2) is 0 Å². The van der Waals surface area contributed by atoms with Crippen molar-refractivity contribution in [3.63, 3.8) is 0 Å². The molecule has 0 saturated carbocycles. The lowest BCUT2D eigenvalue weighted by Crippen LogP contribution is -2.41. The summed E-state index contributed by atoms with van der Waals surface area (Å²) < 4.78 is 33.7. The maximum Gasteiger partial charge on any atom is 0.264 e. The molecular weight excluding hydrogens is 424 g/mol. The number of hydrogen-bond acceptors (Lipinski definition) is 4. The number of hydrogen-bond donors (Lipinski definition) is 0. The molecule has 1 fully saturated rings. The van der Waals surface area contributed by atoms with E-state index in [1.54, 1.807) is 12.0 Å². The van der Waals surface area contributed by atoms with Crippen molar-refractivity contribution < 1.29 is 17.9 Å². The van der Waals surface area contributed by atoms with Crippen LogP contribution in [0.25, 0.3) is 0 Å². The van der Waals surface area contributed by atoms with Crippen molar-refractivity contribution in [2.45, 2.75) is 36.7 Å². The first-order chi connectivity index (χ1) is 14.4. The highest BCUT2D eigenvalue weighted by atomic mass is 35.5. The van der Waals surface area contributed by atoms with Crippen LogP contribution in [0.4, 0.5) is 5.69 Å². The first-order valence-electron chi connectivity index (χ1n) is 10.1. The van der Waals surface area contributed by atoms with Crippen LogP contribution in [0.3, 0.4) is 0 Å². The highest BCUT2D eigenvalue weighted by Gasteiger charge is 2.31. The maximum atomic E-state index is 13.4. The number of aryl methyl sites for hydroxylation is 1. The van der Waals surface area contributed by atoms with Crippen molar-refractivity contribution in [2.24, 2.45) is 0 Å². The Bertz CT molecular complexity index is 1050. The van der Waals surface area contributed by atoms with Gasteiger partial charge in [-0.05, 0) is 55.5 Å². The molecule has 0 unspecified atom stereocenters. The van der Waals surface area contributed by atoms with E-state index < -0.39 is 10.0 Å². The molecule has 1 saturated heterocycles. The average Bonchev–Trinajstić information content (AvgIpc) is 2.78. The van der Waals surface area contributed by atoms with E-state index in [2.05, 4.69) is 0 Å². The van der Waals surface area contributed by atoms with Crippen LogP contribution in [-0.2, 0) is 21.2 Å². The lowest BCUT2D eigenvalue weighted by Gasteiger charge is -2.32. The highest BCUT2D eigenvalue weighted by Crippen LogP contribution is 2.33. The molecule has 2 aliphatic rings. The van der Waals surface area contributed by atoms with E-state index in [0.717, 1.165) is 31.2 Å². The van der Waals surface area contributed by atoms with Gasteiger partial charge in [-0.3, -0.25) is 9.10 Å². The Morgan fingerprint density at radius 2 is 1.83 bits per heavy atom. The van der Waals surface area contributed by atoms with Crippen LogP contribution in [0.5, 0.6) is 0 Å². The van der Waals surface area contributed by atoms with Gasteiger partial charge in [0.25, 0.3) is 15.9 Å². The lowest BCUT2D eigenvalue weighted by molar-refractivity contribution is 0.0351. The van der Waals surface area contributed by atoms with Gasteiger partial charge in [0, 0.05) is 26.7 Å². The standard InChI is InChI=1S/C22H25ClN2O4S/c1-29-17-10-13-24(14-11-17)22(26)19-15-18(8-9-20(19)23)30(27,28)25-12-4-6-16-5-2-3-7-21(16)25/h2-3,5,7-9,15,17H,4,6,10-14H2,1H3. The lowest BCUT2D eigenvalue weighted by atomic mass is 10.0. The number of methoxy groups -OCH3 is 1. The molecule has 2 aromatic rings. The first kappa shape index (κ1) is 21.2. The monoisotopic (exact) mass is 448 g/mol. The molecule has 30 heavy (non-hydrogen) atoms. The Kier molecular flexibility index (Phi) is 6.04. The van der Waals surface area contributed by atoms with E-state index in [4.69, 9.17) is 16.3 Å². The molecule has 6 nitrogen and oxygen atoms in total. The number of halogens is 1. The average molecular weight is 449 g/mol. The van der Waals surface area contributed by atoms with E-state index in [-0.39, 0.29) is 27.5 Å². The molecule has 2 aromatic carbocycles. The van der Waals surface area contributed by atoms with Gasteiger partial charge < -0.3 is 9.64 Å². The normalized spacial score (nSPS) is 17.7. The molecule has 160 valence electrons. The zero-order chi connectivity index (χ0) is 21.3. The number of carbonyl (C=O) groups excluding carboxylic acids is 1. The van der Waals surface area contributed by atoms with Gasteiger partial charge in [0.1, 0.15) is 0 Å². The van der Waals surface area contributed by atoms with Crippen molar-refractivity contribution in [3.05, 3.63) is 58.6 Å². The molecule has 2 aliphatic heterocycles. The summed E-state index contributed by atoms with van der Waals surface area (Å²) >= 11 is 6.30. The van der Waals surface area contributed by atoms with Gasteiger partial charge in [-0.25, -0.2) is 8.42 Å². The molecule has 0 aliphatic carbocycles. The largest absolute Gasteiger partial charge is 0.381 e. The van der Waals surface area contributed by atoms with Crippen LogP contribution in [-0.4, -0.2) is 52.1 Å². The zero-order valence-electron chi connectivity index (χ0n) is 16.9. The Labute approximate surface area is 182 Å². The van der Waals surface area contributed by atoms with Gasteiger partial charge in [0.05, 0.1) is 27.3 Å². The molecular formula is C22H25ClN2O4S. The number of sulfonamides is 1. The van der Waals surface area contributed by atoms with Gasteiger partial charge in [-0.1, -0.05) is 29.8 Å². The molecule has 0 bridgehead atoms. The number of carbonyl (C=O) groups is 1. The molecule has 0 radical (unpaired) electrons. The summed E-state index contributed by atoms with van der Waals surface area (Å²) in [5.74, 6) is -0.245. The smallest absolute Gasteiger partial charge is 0.264 e. The summed E-state index contributed by atoms with van der Waals surface area (Å²) in [5, 5.41) is 0.256. The molecule has 8 heteroatoms. The SMILES string of the molecule is COC1CCN(C(=O)c2cc(S(=O)(=O)N3CCCc4ccccc43)ccc2Cl)CC1. The van der Waals surface area contributed by atoms with Crippen LogP contribution in [0, 0.1) is 0 Å². The van der Waals surface area contributed by atoms with Gasteiger partial charge in [-0.15, -0.1) is 0 Å². The number of anilines is 1. The van der Waals surface area contributed by atoms with Crippen LogP contribution in [0.15, 0.2) is 47.4 Å². The second-order valence-electron chi connectivity index (χ2n) is 7.68. The van der Waals surface area contributed by atoms with E-state index >= 15 is 0 Å². The summed E-state index contributed by atoms with van der Waals surface area (Å²) in [5.41, 5.74) is 1.94. The fraction of sp³-hybridized carbons (Fsp3) is 0.409. The van der Waals surface area contributed by atoms with Gasteiger partial charge in [-0.2, -0.15) is 0 Å². The molecule has 0 aromatic heterocycles. The number of rotatable bonds is 4. The third-order valence-corrected chi connectivity index (χ3v) is 8.03. The van der Waals surface area contributed by atoms with E-state index in [9.17, 15) is 13.2 Å². The fourth-order valence-corrected chi connectivity index (χ4v) is 5.94. The Morgan fingerprint density at radius 3 is 2.57 bits per heavy atom. The molecule has 1 amide bonds. The number of nitrogens with zero attached hydrogens (tertiary/aromatic N) is 2. The van der Waals surface area contributed by atoms with Gasteiger partial charge >= 0.3 is 0 Å². The van der Waals surface area contributed by atoms with Crippen LogP contribution in [0.2, 0.25) is 5.02 Å². The highest BCUT2D eigenvalue weighted by molar-refractivity contribution is 7.92. The minimum absolute atomic E-state index is 0.0822. The topological polar surface area (TPSA) is 66.9 Å². The minimum atomic E-state index is -3.81. The summed E-state index contributed by atoms with van der Waals surface area (Å²) in [7, 11) is -2.14. The summed E-state index contributed by atoms with van der Waals surface area (Å²) in [4.78, 5) is 14.9. The Balaban J connectivity index is 1.64. The predicted molar refractivity (Wildman–Crippen MR) is 117 cm³/mol. The fourth-order valence-electron chi connectivity index (χ4n) is 4.17. The third kappa shape index (κ3) is 3.94. The Morgan fingerprint density at radius 1 is 1.10 bits per heavy atom. The number of benzene rings is 2. The van der Waals surface area contributed by atoms with Crippen molar-refractivity contribution >= 4 is 33.2 Å². The molecule has 0 atom stereocenters. The molecule has 4 rings (SSSR count). The van der Waals surface area contributed by atoms with E-state index in [1.807, 2.05) is 24.3 Å². The van der Waals surface area contributed by atoms with Gasteiger partial charge in [0.2, 0.25) is 0 Å². The van der Waals surface area contributed by atoms with E-state index in [1.165, 1.54) is 22.5 Å². The zero-order valence-corrected chi connectivity index (χ0v) is 18.5. The number of piperidine rings is 1.